The summed E-state index contributed by atoms with van der Waals surface area (Å²) in [5.74, 6) is -1.22. The number of aliphatic hydroxyl groups is 1. The van der Waals surface area contributed by atoms with Crippen molar-refractivity contribution < 1.29 is 27.9 Å². The second kappa shape index (κ2) is 8.81. The van der Waals surface area contributed by atoms with E-state index < -0.39 is 40.7 Å². The highest BCUT2D eigenvalue weighted by Crippen LogP contribution is 2.28. The van der Waals surface area contributed by atoms with Crippen LogP contribution in [0, 0.1) is 13.8 Å². The van der Waals surface area contributed by atoms with Gasteiger partial charge >= 0.3 is 5.97 Å². The molecule has 2 aliphatic rings. The van der Waals surface area contributed by atoms with E-state index in [-0.39, 0.29) is 23.9 Å². The van der Waals surface area contributed by atoms with Crippen molar-refractivity contribution in [1.82, 2.24) is 9.62 Å². The number of carbonyl (C=O) groups excluding carboxylic acids is 2. The number of amides is 1. The van der Waals surface area contributed by atoms with Gasteiger partial charge in [0.25, 0.3) is 5.91 Å². The van der Waals surface area contributed by atoms with Crippen LogP contribution in [-0.2, 0) is 24.3 Å². The molecule has 1 saturated carbocycles. The lowest BCUT2D eigenvalue weighted by atomic mass is 10.1. The van der Waals surface area contributed by atoms with Crippen LogP contribution in [0.4, 0.5) is 0 Å². The average Bonchev–Trinajstić information content (AvgIpc) is 3.31. The molecule has 2 fully saturated rings. The van der Waals surface area contributed by atoms with Gasteiger partial charge in [-0.25, -0.2) is 8.42 Å². The van der Waals surface area contributed by atoms with Gasteiger partial charge in [-0.15, -0.1) is 0 Å². The fourth-order valence-corrected chi connectivity index (χ4v) is 5.56. The molecule has 2 N–H and O–H groups in total. The molecule has 1 saturated heterocycles. The highest BCUT2D eigenvalue weighted by atomic mass is 32.2. The highest BCUT2D eigenvalue weighted by molar-refractivity contribution is 7.89. The maximum atomic E-state index is 13.1. The largest absolute Gasteiger partial charge is 0.454 e. The lowest BCUT2D eigenvalue weighted by Crippen LogP contribution is -2.43. The van der Waals surface area contributed by atoms with E-state index in [0.717, 1.165) is 41.1 Å². The average molecular weight is 425 g/mol. The van der Waals surface area contributed by atoms with Crippen LogP contribution in [0.2, 0.25) is 0 Å². The summed E-state index contributed by atoms with van der Waals surface area (Å²) in [5, 5.41) is 12.8. The van der Waals surface area contributed by atoms with E-state index in [4.69, 9.17) is 4.74 Å². The first kappa shape index (κ1) is 21.7. The normalized spacial score (nSPS) is 23.3. The Kier molecular flexibility index (Phi) is 6.60. The van der Waals surface area contributed by atoms with Crippen molar-refractivity contribution in [3.05, 3.63) is 29.3 Å². The molecule has 3 rings (SSSR count). The third-order valence-corrected chi connectivity index (χ3v) is 7.53. The van der Waals surface area contributed by atoms with Crippen molar-refractivity contribution in [3.8, 4) is 0 Å². The summed E-state index contributed by atoms with van der Waals surface area (Å²) >= 11 is 0. The Hall–Kier alpha value is -1.97. The molecule has 160 valence electrons. The number of hydrogen-bond donors (Lipinski definition) is 2. The van der Waals surface area contributed by atoms with Crippen molar-refractivity contribution in [1.29, 1.82) is 0 Å². The summed E-state index contributed by atoms with van der Waals surface area (Å²) in [4.78, 5) is 24.6. The maximum absolute atomic E-state index is 13.1. The summed E-state index contributed by atoms with van der Waals surface area (Å²) in [5.41, 5.74) is 1.77. The Morgan fingerprint density at radius 3 is 2.55 bits per heavy atom. The Balaban J connectivity index is 1.67. The number of hydrogen-bond acceptors (Lipinski definition) is 6. The molecule has 0 radical (unpaired) electrons. The van der Waals surface area contributed by atoms with Crippen LogP contribution in [0.1, 0.15) is 43.2 Å². The number of carbonyl (C=O) groups is 2. The Labute approximate surface area is 171 Å². The number of nitrogens with zero attached hydrogens (tertiary/aromatic N) is 1. The van der Waals surface area contributed by atoms with E-state index in [0.29, 0.717) is 0 Å². The number of rotatable bonds is 6. The molecule has 1 aromatic rings. The standard InChI is InChI=1S/C20H28N2O6S/c1-13-7-8-17(9-14(13)2)29(26,27)22-11-16(23)10-18(22)20(25)28-12-19(24)21-15-5-3-4-6-15/h7-9,15-16,18,23H,3-6,10-12H2,1-2H3,(H,21,24)/t16-,18+/m1/s1. The molecule has 1 heterocycles. The summed E-state index contributed by atoms with van der Waals surface area (Å²) < 4.78 is 32.2. The topological polar surface area (TPSA) is 113 Å². The van der Waals surface area contributed by atoms with Gasteiger partial charge in [0.2, 0.25) is 10.0 Å². The Bertz CT molecular complexity index is 879. The number of benzene rings is 1. The zero-order chi connectivity index (χ0) is 21.2. The first-order chi connectivity index (χ1) is 13.7. The van der Waals surface area contributed by atoms with E-state index in [9.17, 15) is 23.1 Å². The molecule has 1 aliphatic carbocycles. The van der Waals surface area contributed by atoms with Gasteiger partial charge in [-0.2, -0.15) is 4.31 Å². The highest BCUT2D eigenvalue weighted by Gasteiger charge is 2.44. The van der Waals surface area contributed by atoms with Gasteiger partial charge in [-0.3, -0.25) is 9.59 Å². The second-order valence-electron chi connectivity index (χ2n) is 7.88. The van der Waals surface area contributed by atoms with Crippen LogP contribution in [0.15, 0.2) is 23.1 Å². The number of esters is 1. The molecule has 8 nitrogen and oxygen atoms in total. The minimum atomic E-state index is -3.99. The summed E-state index contributed by atoms with van der Waals surface area (Å²) in [6.45, 7) is 3.03. The number of nitrogens with one attached hydrogen (secondary N) is 1. The molecule has 1 aliphatic heterocycles. The van der Waals surface area contributed by atoms with Gasteiger partial charge in [-0.1, -0.05) is 18.9 Å². The predicted octanol–water partition coefficient (Wildman–Crippen LogP) is 1.03. The second-order valence-corrected chi connectivity index (χ2v) is 9.77. The van der Waals surface area contributed by atoms with Crippen LogP contribution in [0.3, 0.4) is 0 Å². The van der Waals surface area contributed by atoms with E-state index in [1.807, 2.05) is 13.8 Å². The number of aryl methyl sites for hydroxylation is 2. The molecule has 0 bridgehead atoms. The molecule has 29 heavy (non-hydrogen) atoms. The molecule has 0 aromatic heterocycles. The maximum Gasteiger partial charge on any atom is 0.325 e. The quantitative estimate of drug-likeness (QED) is 0.660. The minimum absolute atomic E-state index is 0.0616. The van der Waals surface area contributed by atoms with Gasteiger partial charge in [0.1, 0.15) is 6.04 Å². The predicted molar refractivity (Wildman–Crippen MR) is 106 cm³/mol. The Morgan fingerprint density at radius 1 is 1.21 bits per heavy atom. The third kappa shape index (κ3) is 4.96. The zero-order valence-corrected chi connectivity index (χ0v) is 17.6. The number of sulfonamides is 1. The molecule has 1 amide bonds. The smallest absolute Gasteiger partial charge is 0.325 e. The lowest BCUT2D eigenvalue weighted by molar-refractivity contribution is -0.151. The fourth-order valence-electron chi connectivity index (χ4n) is 3.85. The monoisotopic (exact) mass is 424 g/mol. The van der Waals surface area contributed by atoms with Gasteiger partial charge in [0.15, 0.2) is 6.61 Å². The van der Waals surface area contributed by atoms with Crippen LogP contribution in [-0.4, -0.2) is 61.0 Å². The molecule has 0 spiro atoms. The first-order valence-corrected chi connectivity index (χ1v) is 11.4. The van der Waals surface area contributed by atoms with E-state index >= 15 is 0 Å². The minimum Gasteiger partial charge on any atom is -0.454 e. The zero-order valence-electron chi connectivity index (χ0n) is 16.8. The van der Waals surface area contributed by atoms with Gasteiger partial charge in [0.05, 0.1) is 11.0 Å². The fraction of sp³-hybridized carbons (Fsp3) is 0.600. The van der Waals surface area contributed by atoms with Crippen LogP contribution in [0.25, 0.3) is 0 Å². The molecular weight excluding hydrogens is 396 g/mol. The van der Waals surface area contributed by atoms with Crippen LogP contribution < -0.4 is 5.32 Å². The molecule has 9 heteroatoms. The molecule has 1 aromatic carbocycles. The van der Waals surface area contributed by atoms with Crippen molar-refractivity contribution in [2.24, 2.45) is 0 Å². The van der Waals surface area contributed by atoms with Crippen molar-refractivity contribution in [2.45, 2.75) is 69.0 Å². The summed E-state index contributed by atoms with van der Waals surface area (Å²) in [7, 11) is -3.99. The Morgan fingerprint density at radius 2 is 1.90 bits per heavy atom. The van der Waals surface area contributed by atoms with E-state index in [2.05, 4.69) is 5.32 Å². The van der Waals surface area contributed by atoms with E-state index in [1.165, 1.54) is 6.07 Å². The van der Waals surface area contributed by atoms with Gasteiger partial charge < -0.3 is 15.2 Å². The summed E-state index contributed by atoms with van der Waals surface area (Å²) in [6, 6.07) is 3.69. The lowest BCUT2D eigenvalue weighted by Gasteiger charge is -2.23. The van der Waals surface area contributed by atoms with E-state index in [1.54, 1.807) is 12.1 Å². The van der Waals surface area contributed by atoms with Crippen molar-refractivity contribution in [3.63, 3.8) is 0 Å². The first-order valence-electron chi connectivity index (χ1n) is 9.91. The number of aliphatic hydroxyl groups excluding tert-OH is 1. The van der Waals surface area contributed by atoms with Crippen LogP contribution in [0.5, 0.6) is 0 Å². The SMILES string of the molecule is Cc1ccc(S(=O)(=O)N2C[C@H](O)C[C@H]2C(=O)OCC(=O)NC2CCCC2)cc1C. The van der Waals surface area contributed by atoms with Gasteiger partial charge in [-0.05, 0) is 49.9 Å². The van der Waals surface area contributed by atoms with Crippen molar-refractivity contribution >= 4 is 21.9 Å². The van der Waals surface area contributed by atoms with Gasteiger partial charge in [0, 0.05) is 19.0 Å². The molecular formula is C20H28N2O6S. The van der Waals surface area contributed by atoms with Crippen LogP contribution >= 0.6 is 0 Å². The number of ether oxygens (including phenoxy) is 1. The molecule has 0 unspecified atom stereocenters. The van der Waals surface area contributed by atoms with Crippen molar-refractivity contribution in [2.75, 3.05) is 13.2 Å². The summed E-state index contributed by atoms with van der Waals surface area (Å²) in [6.07, 6.45) is 2.92. The molecule has 2 atom stereocenters. The number of β-amino-alcohol motifs (C(OH)–C–C–N with tert-alkyl or cyclic N) is 1. The third-order valence-electron chi connectivity index (χ3n) is 5.66.